The number of nitrogens with zero attached hydrogens (tertiary/aromatic N) is 1. The lowest BCUT2D eigenvalue weighted by Gasteiger charge is -2.23. The number of nitrogens with one attached hydrogen (secondary N) is 2. The Hall–Kier alpha value is -2.96. The van der Waals surface area contributed by atoms with Crippen molar-refractivity contribution in [1.29, 1.82) is 0 Å². The molecule has 2 aromatic carbocycles. The molecule has 3 aromatic rings. The van der Waals surface area contributed by atoms with E-state index in [-0.39, 0.29) is 5.91 Å². The minimum atomic E-state index is -0.0640. The Morgan fingerprint density at radius 3 is 2.81 bits per heavy atom. The molecule has 0 saturated carbocycles. The maximum atomic E-state index is 13.1. The number of ether oxygens (including phenoxy) is 2. The number of morpholine rings is 1. The van der Waals surface area contributed by atoms with Gasteiger partial charge in [-0.15, -0.1) is 0 Å². The second kappa shape index (κ2) is 10.4. The monoisotopic (exact) mass is 420 g/mol. The van der Waals surface area contributed by atoms with Crippen LogP contribution in [0.5, 0.6) is 5.75 Å². The molecule has 6 nitrogen and oxygen atoms in total. The largest absolute Gasteiger partial charge is 0.494 e. The Balaban J connectivity index is 1.57. The molecule has 31 heavy (non-hydrogen) atoms. The fourth-order valence-corrected chi connectivity index (χ4v) is 3.83. The molecule has 162 valence electrons. The number of pyridine rings is 1. The Labute approximate surface area is 183 Å². The summed E-state index contributed by atoms with van der Waals surface area (Å²) in [6.45, 7) is 7.88. The van der Waals surface area contributed by atoms with E-state index in [9.17, 15) is 4.79 Å². The summed E-state index contributed by atoms with van der Waals surface area (Å²) in [4.78, 5) is 19.4. The summed E-state index contributed by atoms with van der Waals surface area (Å²) < 4.78 is 11.2. The van der Waals surface area contributed by atoms with Crippen molar-refractivity contribution in [2.75, 3.05) is 46.0 Å². The average molecular weight is 421 g/mol. The second-order valence-electron chi connectivity index (χ2n) is 7.82. The molecule has 1 saturated heterocycles. The Bertz CT molecular complexity index is 1030. The fraction of sp³-hybridized carbons (Fsp3) is 0.360. The summed E-state index contributed by atoms with van der Waals surface area (Å²) in [5.74, 6) is 0.750. The van der Waals surface area contributed by atoms with E-state index in [4.69, 9.17) is 14.5 Å². The zero-order valence-corrected chi connectivity index (χ0v) is 18.0. The number of para-hydroxylation sites is 1. The maximum absolute atomic E-state index is 13.1. The van der Waals surface area contributed by atoms with Crippen LogP contribution < -0.4 is 15.0 Å². The molecular formula is C25H30N3O3+. The number of hydrogen-bond donors (Lipinski definition) is 2. The molecule has 6 heteroatoms. The van der Waals surface area contributed by atoms with Gasteiger partial charge in [0, 0.05) is 10.9 Å². The van der Waals surface area contributed by atoms with Gasteiger partial charge >= 0.3 is 0 Å². The highest BCUT2D eigenvalue weighted by Gasteiger charge is 2.16. The number of aromatic nitrogens is 1. The summed E-state index contributed by atoms with van der Waals surface area (Å²) in [5, 5.41) is 3.97. The van der Waals surface area contributed by atoms with E-state index in [2.05, 4.69) is 12.2 Å². The standard InChI is InChI=1S/C25H29N3O3/c1-2-14-31-20-7-5-6-19(17-20)24-18-22(21-8-3-4-9-23(21)27-24)25(29)26-10-11-28-12-15-30-16-13-28/h3-9,17-18H,2,10-16H2,1H3,(H,26,29)/p+1. The van der Waals surface area contributed by atoms with Gasteiger partial charge in [-0.25, -0.2) is 4.98 Å². The third-order valence-corrected chi connectivity index (χ3v) is 5.53. The van der Waals surface area contributed by atoms with E-state index >= 15 is 0 Å². The highest BCUT2D eigenvalue weighted by Crippen LogP contribution is 2.27. The first-order valence-electron chi connectivity index (χ1n) is 11.1. The lowest BCUT2D eigenvalue weighted by molar-refractivity contribution is -0.906. The van der Waals surface area contributed by atoms with Crippen LogP contribution >= 0.6 is 0 Å². The summed E-state index contributed by atoms with van der Waals surface area (Å²) in [6.07, 6.45) is 0.953. The minimum Gasteiger partial charge on any atom is -0.494 e. The van der Waals surface area contributed by atoms with Crippen LogP contribution in [-0.4, -0.2) is 56.9 Å². The molecule has 1 aromatic heterocycles. The van der Waals surface area contributed by atoms with E-state index < -0.39 is 0 Å². The molecule has 0 bridgehead atoms. The molecule has 1 fully saturated rings. The van der Waals surface area contributed by atoms with Gasteiger partial charge in [0.05, 0.1) is 49.7 Å². The van der Waals surface area contributed by atoms with Gasteiger partial charge in [-0.05, 0) is 30.7 Å². The molecule has 0 radical (unpaired) electrons. The van der Waals surface area contributed by atoms with Crippen molar-refractivity contribution in [3.63, 3.8) is 0 Å². The van der Waals surface area contributed by atoms with Gasteiger partial charge < -0.3 is 19.7 Å². The van der Waals surface area contributed by atoms with Gasteiger partial charge in [0.25, 0.3) is 5.91 Å². The van der Waals surface area contributed by atoms with Gasteiger partial charge in [0.15, 0.2) is 0 Å². The van der Waals surface area contributed by atoms with Crippen molar-refractivity contribution >= 4 is 16.8 Å². The Kier molecular flexibility index (Phi) is 7.12. The first-order valence-corrected chi connectivity index (χ1v) is 11.1. The highest BCUT2D eigenvalue weighted by molar-refractivity contribution is 6.07. The van der Waals surface area contributed by atoms with Crippen LogP contribution in [0.25, 0.3) is 22.2 Å². The van der Waals surface area contributed by atoms with Crippen LogP contribution in [0, 0.1) is 0 Å². The number of hydrogen-bond acceptors (Lipinski definition) is 4. The number of quaternary nitrogens is 1. The van der Waals surface area contributed by atoms with Crippen molar-refractivity contribution in [3.05, 3.63) is 60.2 Å². The molecule has 2 N–H and O–H groups in total. The third kappa shape index (κ3) is 5.40. The molecular weight excluding hydrogens is 390 g/mol. The molecule has 0 spiro atoms. The van der Waals surface area contributed by atoms with E-state index in [1.165, 1.54) is 4.90 Å². The lowest BCUT2D eigenvalue weighted by Crippen LogP contribution is -3.14. The van der Waals surface area contributed by atoms with E-state index in [0.29, 0.717) is 18.7 Å². The van der Waals surface area contributed by atoms with Gasteiger partial charge in [0.1, 0.15) is 18.8 Å². The minimum absolute atomic E-state index is 0.0640. The van der Waals surface area contributed by atoms with Crippen LogP contribution in [0.1, 0.15) is 23.7 Å². The van der Waals surface area contributed by atoms with Gasteiger partial charge in [-0.3, -0.25) is 4.79 Å². The number of fused-ring (bicyclic) bond motifs is 1. The quantitative estimate of drug-likeness (QED) is 0.587. The van der Waals surface area contributed by atoms with E-state index in [1.807, 2.05) is 54.6 Å². The summed E-state index contributed by atoms with van der Waals surface area (Å²) >= 11 is 0. The molecule has 2 heterocycles. The van der Waals surface area contributed by atoms with Crippen LogP contribution in [0.2, 0.25) is 0 Å². The SMILES string of the molecule is CCCOc1cccc(-c2cc(C(=O)NCC[NH+]3CCOCC3)c3ccccc3n2)c1. The predicted octanol–water partition coefficient (Wildman–Crippen LogP) is 2.34. The van der Waals surface area contributed by atoms with Gasteiger partial charge in [-0.1, -0.05) is 37.3 Å². The molecule has 1 amide bonds. The smallest absolute Gasteiger partial charge is 0.252 e. The Morgan fingerprint density at radius 1 is 1.13 bits per heavy atom. The molecule has 1 aliphatic rings. The van der Waals surface area contributed by atoms with Crippen LogP contribution in [0.15, 0.2) is 54.6 Å². The predicted molar refractivity (Wildman–Crippen MR) is 122 cm³/mol. The summed E-state index contributed by atoms with van der Waals surface area (Å²) in [6, 6.07) is 17.6. The summed E-state index contributed by atoms with van der Waals surface area (Å²) in [7, 11) is 0. The van der Waals surface area contributed by atoms with Crippen LogP contribution in [-0.2, 0) is 4.74 Å². The number of amides is 1. The number of carbonyl (C=O) groups is 1. The van der Waals surface area contributed by atoms with Crippen LogP contribution in [0.3, 0.4) is 0 Å². The highest BCUT2D eigenvalue weighted by atomic mass is 16.5. The number of rotatable bonds is 8. The number of carbonyl (C=O) groups excluding carboxylic acids is 1. The zero-order valence-electron chi connectivity index (χ0n) is 18.0. The molecule has 0 unspecified atom stereocenters. The molecule has 4 rings (SSSR count). The second-order valence-corrected chi connectivity index (χ2v) is 7.82. The van der Waals surface area contributed by atoms with E-state index in [1.54, 1.807) is 0 Å². The normalized spacial score (nSPS) is 14.5. The summed E-state index contributed by atoms with van der Waals surface area (Å²) in [5.41, 5.74) is 3.16. The van der Waals surface area contributed by atoms with E-state index in [0.717, 1.165) is 67.2 Å². The lowest BCUT2D eigenvalue weighted by atomic mass is 10.0. The van der Waals surface area contributed by atoms with Crippen LogP contribution in [0.4, 0.5) is 0 Å². The van der Waals surface area contributed by atoms with Gasteiger partial charge in [-0.2, -0.15) is 0 Å². The van der Waals surface area contributed by atoms with Crippen molar-refractivity contribution in [2.24, 2.45) is 0 Å². The topological polar surface area (TPSA) is 64.9 Å². The molecule has 0 atom stereocenters. The third-order valence-electron chi connectivity index (χ3n) is 5.53. The van der Waals surface area contributed by atoms with Gasteiger partial charge in [0.2, 0.25) is 0 Å². The Morgan fingerprint density at radius 2 is 1.97 bits per heavy atom. The van der Waals surface area contributed by atoms with Crippen molar-refractivity contribution < 1.29 is 19.2 Å². The van der Waals surface area contributed by atoms with Crippen molar-refractivity contribution in [3.8, 4) is 17.0 Å². The first kappa shape index (κ1) is 21.3. The molecule has 1 aliphatic heterocycles. The molecule has 0 aliphatic carbocycles. The fourth-order valence-electron chi connectivity index (χ4n) is 3.83. The van der Waals surface area contributed by atoms with Crippen molar-refractivity contribution in [2.45, 2.75) is 13.3 Å². The zero-order chi connectivity index (χ0) is 21.5. The number of benzene rings is 2. The average Bonchev–Trinajstić information content (AvgIpc) is 2.83. The van der Waals surface area contributed by atoms with Crippen molar-refractivity contribution in [1.82, 2.24) is 10.3 Å². The maximum Gasteiger partial charge on any atom is 0.252 e. The first-order chi connectivity index (χ1) is 15.2.